The molecule has 0 radical (unpaired) electrons. The summed E-state index contributed by atoms with van der Waals surface area (Å²) < 4.78 is 0. The van der Waals surface area contributed by atoms with Gasteiger partial charge in [-0.2, -0.15) is 0 Å². The first-order valence-corrected chi connectivity index (χ1v) is 6.21. The van der Waals surface area contributed by atoms with Crippen molar-refractivity contribution in [3.63, 3.8) is 0 Å². The largest absolute Gasteiger partial charge is 0.481 e. The van der Waals surface area contributed by atoms with E-state index >= 15 is 0 Å². The van der Waals surface area contributed by atoms with Gasteiger partial charge in [-0.1, -0.05) is 13.8 Å². The molecule has 1 amide bonds. The van der Waals surface area contributed by atoms with Crippen molar-refractivity contribution in [2.45, 2.75) is 26.7 Å². The summed E-state index contributed by atoms with van der Waals surface area (Å²) in [6.45, 7) is 8.50. The van der Waals surface area contributed by atoms with Crippen molar-refractivity contribution in [1.82, 2.24) is 9.80 Å². The van der Waals surface area contributed by atoms with Crippen LogP contribution in [0.4, 0.5) is 0 Å². The van der Waals surface area contributed by atoms with E-state index in [1.807, 2.05) is 0 Å². The van der Waals surface area contributed by atoms with Crippen LogP contribution in [0.15, 0.2) is 0 Å². The number of rotatable bonds is 5. The zero-order valence-electron chi connectivity index (χ0n) is 10.7. The third kappa shape index (κ3) is 5.17. The molecule has 0 atom stereocenters. The van der Waals surface area contributed by atoms with E-state index in [9.17, 15) is 9.59 Å². The summed E-state index contributed by atoms with van der Waals surface area (Å²) in [5.74, 6) is -0.611. The Morgan fingerprint density at radius 3 is 2.24 bits per heavy atom. The molecule has 0 unspecified atom stereocenters. The summed E-state index contributed by atoms with van der Waals surface area (Å²) in [5.41, 5.74) is 0. The zero-order valence-corrected chi connectivity index (χ0v) is 10.7. The number of hydrogen-bond donors (Lipinski definition) is 1. The summed E-state index contributed by atoms with van der Waals surface area (Å²) in [4.78, 5) is 25.9. The predicted octanol–water partition coefficient (Wildman–Crippen LogP) is 0.651. The van der Waals surface area contributed by atoms with Crippen molar-refractivity contribution in [2.75, 3.05) is 32.7 Å². The Kier molecular flexibility index (Phi) is 5.41. The molecule has 0 spiro atoms. The Balaban J connectivity index is 2.25. The Labute approximate surface area is 102 Å². The molecule has 5 heteroatoms. The van der Waals surface area contributed by atoms with Gasteiger partial charge < -0.3 is 10.0 Å². The van der Waals surface area contributed by atoms with Gasteiger partial charge in [-0.05, 0) is 18.9 Å². The molecule has 98 valence electrons. The summed E-state index contributed by atoms with van der Waals surface area (Å²) in [6, 6.07) is 0. The van der Waals surface area contributed by atoms with Crippen LogP contribution >= 0.6 is 0 Å². The fourth-order valence-electron chi connectivity index (χ4n) is 1.90. The van der Waals surface area contributed by atoms with Crippen molar-refractivity contribution in [3.8, 4) is 0 Å². The van der Waals surface area contributed by atoms with E-state index in [-0.39, 0.29) is 12.3 Å². The van der Waals surface area contributed by atoms with Crippen molar-refractivity contribution >= 4 is 11.9 Å². The SMILES string of the molecule is CC(C)CCN1CCN(C(=O)CC(=O)O)CC1. The first-order chi connectivity index (χ1) is 7.99. The zero-order chi connectivity index (χ0) is 12.8. The van der Waals surface area contributed by atoms with Crippen LogP contribution in [0, 0.1) is 5.92 Å². The highest BCUT2D eigenvalue weighted by Crippen LogP contribution is 2.07. The fourth-order valence-corrected chi connectivity index (χ4v) is 1.90. The number of carbonyl (C=O) groups is 2. The quantitative estimate of drug-likeness (QED) is 0.719. The lowest BCUT2D eigenvalue weighted by Gasteiger charge is -2.34. The maximum Gasteiger partial charge on any atom is 0.312 e. The summed E-state index contributed by atoms with van der Waals surface area (Å²) in [5, 5.41) is 8.55. The molecule has 0 aromatic carbocycles. The molecule has 1 rings (SSSR count). The highest BCUT2D eigenvalue weighted by atomic mass is 16.4. The van der Waals surface area contributed by atoms with Gasteiger partial charge in [-0.3, -0.25) is 14.5 Å². The van der Waals surface area contributed by atoms with Gasteiger partial charge in [-0.15, -0.1) is 0 Å². The fraction of sp³-hybridized carbons (Fsp3) is 0.833. The second-order valence-corrected chi connectivity index (χ2v) is 4.98. The van der Waals surface area contributed by atoms with Crippen molar-refractivity contribution in [3.05, 3.63) is 0 Å². The first kappa shape index (κ1) is 14.0. The van der Waals surface area contributed by atoms with Crippen LogP contribution in [0.25, 0.3) is 0 Å². The van der Waals surface area contributed by atoms with E-state index in [0.717, 1.165) is 19.6 Å². The molecule has 0 aliphatic carbocycles. The Morgan fingerprint density at radius 1 is 1.18 bits per heavy atom. The van der Waals surface area contributed by atoms with Gasteiger partial charge >= 0.3 is 5.97 Å². The first-order valence-electron chi connectivity index (χ1n) is 6.21. The topological polar surface area (TPSA) is 60.9 Å². The Morgan fingerprint density at radius 2 is 1.76 bits per heavy atom. The number of carbonyl (C=O) groups excluding carboxylic acids is 1. The van der Waals surface area contributed by atoms with E-state index in [2.05, 4.69) is 18.7 Å². The van der Waals surface area contributed by atoms with E-state index in [0.29, 0.717) is 19.0 Å². The molecule has 0 saturated carbocycles. The molecule has 5 nitrogen and oxygen atoms in total. The molecule has 1 saturated heterocycles. The molecule has 1 N–H and O–H groups in total. The van der Waals surface area contributed by atoms with Gasteiger partial charge in [-0.25, -0.2) is 0 Å². The number of hydrogen-bond acceptors (Lipinski definition) is 3. The molecule has 17 heavy (non-hydrogen) atoms. The lowest BCUT2D eigenvalue weighted by atomic mass is 10.1. The van der Waals surface area contributed by atoms with Crippen LogP contribution < -0.4 is 0 Å². The van der Waals surface area contributed by atoms with Crippen molar-refractivity contribution < 1.29 is 14.7 Å². The van der Waals surface area contributed by atoms with E-state index in [4.69, 9.17) is 5.11 Å². The van der Waals surface area contributed by atoms with Crippen LogP contribution in [0.2, 0.25) is 0 Å². The normalized spacial score (nSPS) is 17.5. The number of carboxylic acid groups (broad SMARTS) is 1. The van der Waals surface area contributed by atoms with Crippen LogP contribution in [0.5, 0.6) is 0 Å². The number of nitrogens with zero attached hydrogens (tertiary/aromatic N) is 2. The Hall–Kier alpha value is -1.10. The van der Waals surface area contributed by atoms with Gasteiger partial charge in [0.05, 0.1) is 0 Å². The lowest BCUT2D eigenvalue weighted by Crippen LogP contribution is -2.49. The highest BCUT2D eigenvalue weighted by molar-refractivity contribution is 5.93. The third-order valence-electron chi connectivity index (χ3n) is 3.05. The average Bonchev–Trinajstić information content (AvgIpc) is 2.26. The van der Waals surface area contributed by atoms with Gasteiger partial charge in [0.1, 0.15) is 6.42 Å². The molecule has 0 bridgehead atoms. The minimum Gasteiger partial charge on any atom is -0.481 e. The standard InChI is InChI=1S/C12H22N2O3/c1-10(2)3-4-13-5-7-14(8-6-13)11(15)9-12(16)17/h10H,3-9H2,1-2H3,(H,16,17). The number of aliphatic carboxylic acids is 1. The third-order valence-corrected chi connectivity index (χ3v) is 3.05. The maximum absolute atomic E-state index is 11.5. The van der Waals surface area contributed by atoms with Crippen LogP contribution in [0.1, 0.15) is 26.7 Å². The smallest absolute Gasteiger partial charge is 0.312 e. The van der Waals surface area contributed by atoms with Gasteiger partial charge in [0, 0.05) is 26.2 Å². The highest BCUT2D eigenvalue weighted by Gasteiger charge is 2.22. The van der Waals surface area contributed by atoms with E-state index in [1.165, 1.54) is 6.42 Å². The second kappa shape index (κ2) is 6.59. The van der Waals surface area contributed by atoms with Crippen LogP contribution in [-0.2, 0) is 9.59 Å². The van der Waals surface area contributed by atoms with Gasteiger partial charge in [0.25, 0.3) is 0 Å². The molecular formula is C12H22N2O3. The molecule has 1 heterocycles. The summed E-state index contributed by atoms with van der Waals surface area (Å²) >= 11 is 0. The maximum atomic E-state index is 11.5. The van der Waals surface area contributed by atoms with Gasteiger partial charge in [0.2, 0.25) is 5.91 Å². The van der Waals surface area contributed by atoms with Crippen LogP contribution in [-0.4, -0.2) is 59.5 Å². The minimum absolute atomic E-state index is 0.263. The van der Waals surface area contributed by atoms with Crippen molar-refractivity contribution in [2.24, 2.45) is 5.92 Å². The van der Waals surface area contributed by atoms with Crippen LogP contribution in [0.3, 0.4) is 0 Å². The Bertz CT molecular complexity index is 271. The summed E-state index contributed by atoms with van der Waals surface area (Å²) in [6.07, 6.45) is 0.787. The summed E-state index contributed by atoms with van der Waals surface area (Å²) in [7, 11) is 0. The average molecular weight is 242 g/mol. The molecule has 0 aromatic rings. The number of amides is 1. The molecule has 1 aliphatic heterocycles. The molecular weight excluding hydrogens is 220 g/mol. The second-order valence-electron chi connectivity index (χ2n) is 4.98. The van der Waals surface area contributed by atoms with Crippen molar-refractivity contribution in [1.29, 1.82) is 0 Å². The van der Waals surface area contributed by atoms with E-state index < -0.39 is 5.97 Å². The number of carboxylic acids is 1. The van der Waals surface area contributed by atoms with Gasteiger partial charge in [0.15, 0.2) is 0 Å². The predicted molar refractivity (Wildman–Crippen MR) is 64.7 cm³/mol. The number of piperazine rings is 1. The lowest BCUT2D eigenvalue weighted by molar-refractivity contribution is -0.145. The molecule has 0 aromatic heterocycles. The molecule has 1 aliphatic rings. The molecule has 1 fully saturated rings. The minimum atomic E-state index is -1.04. The monoisotopic (exact) mass is 242 g/mol. The van der Waals surface area contributed by atoms with E-state index in [1.54, 1.807) is 4.90 Å².